The smallest absolute Gasteiger partial charge is 0.244 e. The van der Waals surface area contributed by atoms with Crippen LogP contribution in [0.1, 0.15) is 28.3 Å². The fourth-order valence-electron chi connectivity index (χ4n) is 3.57. The van der Waals surface area contributed by atoms with Gasteiger partial charge in [0.1, 0.15) is 18.2 Å². The molecule has 0 aliphatic carbocycles. The second-order valence-corrected chi connectivity index (χ2v) is 9.06. The lowest BCUT2D eigenvalue weighted by Gasteiger charge is -2.25. The quantitative estimate of drug-likeness (QED) is 0.388. The Bertz CT molecular complexity index is 1280. The zero-order chi connectivity index (χ0) is 23.0. The number of hydrogen-bond donors (Lipinski definition) is 2. The van der Waals surface area contributed by atoms with Crippen molar-refractivity contribution in [3.63, 3.8) is 0 Å². The van der Waals surface area contributed by atoms with Crippen LogP contribution in [0.15, 0.2) is 41.8 Å². The van der Waals surface area contributed by atoms with Crippen LogP contribution >= 0.6 is 45.8 Å². The third kappa shape index (κ3) is 4.08. The molecule has 1 aliphatic rings. The number of methoxy groups -OCH3 is 1. The second-order valence-electron chi connectivity index (χ2n) is 7.05. The van der Waals surface area contributed by atoms with Gasteiger partial charge in [-0.2, -0.15) is 5.26 Å². The topological polar surface area (TPSA) is 106 Å². The number of ether oxygens (including phenoxy) is 3. The molecule has 0 spiro atoms. The Morgan fingerprint density at radius 3 is 2.78 bits per heavy atom. The Balaban J connectivity index is 1.74. The van der Waals surface area contributed by atoms with Gasteiger partial charge in [-0.3, -0.25) is 5.10 Å². The van der Waals surface area contributed by atoms with Gasteiger partial charge in [-0.1, -0.05) is 29.3 Å². The van der Waals surface area contributed by atoms with Gasteiger partial charge in [-0.05, 0) is 59.3 Å². The third-order valence-corrected chi connectivity index (χ3v) is 6.49. The van der Waals surface area contributed by atoms with E-state index in [4.69, 9.17) is 43.1 Å². The van der Waals surface area contributed by atoms with E-state index < -0.39 is 5.92 Å². The lowest BCUT2D eigenvalue weighted by molar-refractivity contribution is 0.282. The van der Waals surface area contributed by atoms with Gasteiger partial charge in [-0.25, -0.2) is 0 Å². The van der Waals surface area contributed by atoms with Gasteiger partial charge in [0.05, 0.1) is 16.6 Å². The van der Waals surface area contributed by atoms with Crippen LogP contribution in [0.5, 0.6) is 17.4 Å². The van der Waals surface area contributed by atoms with E-state index >= 15 is 0 Å². The molecule has 7 nitrogen and oxygen atoms in total. The van der Waals surface area contributed by atoms with Crippen LogP contribution in [0.4, 0.5) is 0 Å². The maximum absolute atomic E-state index is 9.78. The molecule has 3 aromatic rings. The summed E-state index contributed by atoms with van der Waals surface area (Å²) in [5.74, 6) is 1.01. The number of H-pyrrole nitrogens is 1. The number of aromatic nitrogens is 2. The highest BCUT2D eigenvalue weighted by molar-refractivity contribution is 14.1. The van der Waals surface area contributed by atoms with Crippen molar-refractivity contribution in [1.82, 2.24) is 10.2 Å². The van der Waals surface area contributed by atoms with Crippen LogP contribution < -0.4 is 19.9 Å². The number of hydrogen-bond acceptors (Lipinski definition) is 6. The van der Waals surface area contributed by atoms with E-state index in [0.29, 0.717) is 33.0 Å². The summed E-state index contributed by atoms with van der Waals surface area (Å²) in [4.78, 5) is 0. The molecular weight excluding hydrogens is 566 g/mol. The first-order valence-corrected chi connectivity index (χ1v) is 11.2. The highest BCUT2D eigenvalue weighted by Crippen LogP contribution is 2.45. The van der Waals surface area contributed by atoms with E-state index in [1.165, 1.54) is 0 Å². The second kappa shape index (κ2) is 9.10. The van der Waals surface area contributed by atoms with Gasteiger partial charge in [-0.15, -0.1) is 5.10 Å². The summed E-state index contributed by atoms with van der Waals surface area (Å²) in [6.45, 7) is 2.11. The van der Waals surface area contributed by atoms with Crippen LogP contribution in [0.3, 0.4) is 0 Å². The van der Waals surface area contributed by atoms with Crippen molar-refractivity contribution >= 4 is 45.8 Å². The molecule has 0 unspecified atom stereocenters. The number of halogens is 3. The fourth-order valence-corrected chi connectivity index (χ4v) is 4.81. The largest absolute Gasteiger partial charge is 0.493 e. The molecule has 0 radical (unpaired) electrons. The maximum atomic E-state index is 9.78. The highest BCUT2D eigenvalue weighted by Gasteiger charge is 2.35. The Hall–Kier alpha value is -2.61. The molecule has 2 heterocycles. The molecule has 0 amide bonds. The minimum atomic E-state index is -0.454. The monoisotopic (exact) mass is 582 g/mol. The summed E-state index contributed by atoms with van der Waals surface area (Å²) < 4.78 is 18.0. The number of nitrogens with zero attached hydrogens (tertiary/aromatic N) is 2. The molecule has 0 saturated heterocycles. The molecule has 1 atom stereocenters. The van der Waals surface area contributed by atoms with E-state index in [1.54, 1.807) is 19.2 Å². The SMILES string of the molecule is COc1cc([C@@H]2C(C#N)=C(N)Oc3n[nH]c(C)c32)cc(I)c1OCc1ccc(Cl)cc1Cl. The number of aromatic amines is 1. The molecule has 10 heteroatoms. The summed E-state index contributed by atoms with van der Waals surface area (Å²) in [6.07, 6.45) is 0. The van der Waals surface area contributed by atoms with Crippen LogP contribution in [0.25, 0.3) is 0 Å². The lowest BCUT2D eigenvalue weighted by atomic mass is 9.84. The van der Waals surface area contributed by atoms with Gasteiger partial charge < -0.3 is 19.9 Å². The zero-order valence-electron chi connectivity index (χ0n) is 17.0. The van der Waals surface area contributed by atoms with Crippen LogP contribution in [0, 0.1) is 21.8 Å². The summed E-state index contributed by atoms with van der Waals surface area (Å²) in [6, 6.07) is 11.2. The molecule has 0 fully saturated rings. The number of nitriles is 1. The highest BCUT2D eigenvalue weighted by atomic mass is 127. The van der Waals surface area contributed by atoms with E-state index in [0.717, 1.165) is 26.0 Å². The van der Waals surface area contributed by atoms with Crippen LogP contribution in [-0.4, -0.2) is 17.3 Å². The molecular formula is C22H17Cl2IN4O3. The zero-order valence-corrected chi connectivity index (χ0v) is 20.7. The minimum Gasteiger partial charge on any atom is -0.493 e. The van der Waals surface area contributed by atoms with E-state index in [-0.39, 0.29) is 12.5 Å². The van der Waals surface area contributed by atoms with Crippen molar-refractivity contribution in [3.8, 4) is 23.4 Å². The number of fused-ring (bicyclic) bond motifs is 1. The molecule has 32 heavy (non-hydrogen) atoms. The molecule has 1 aliphatic heterocycles. The molecule has 3 N–H and O–H groups in total. The predicted molar refractivity (Wildman–Crippen MR) is 129 cm³/mol. The normalized spacial score (nSPS) is 15.1. The average Bonchev–Trinajstić information content (AvgIpc) is 3.12. The molecule has 164 valence electrons. The molecule has 2 aromatic carbocycles. The number of allylic oxidation sites excluding steroid dienone is 1. The molecule has 4 rings (SSSR count). The number of nitrogens with one attached hydrogen (secondary N) is 1. The molecule has 1 aromatic heterocycles. The van der Waals surface area contributed by atoms with Crippen molar-refractivity contribution in [1.29, 1.82) is 5.26 Å². The Morgan fingerprint density at radius 2 is 2.09 bits per heavy atom. The number of rotatable bonds is 5. The Labute approximate surface area is 208 Å². The van der Waals surface area contributed by atoms with Crippen molar-refractivity contribution in [3.05, 3.63) is 77.8 Å². The summed E-state index contributed by atoms with van der Waals surface area (Å²) in [5, 5.41) is 17.9. The van der Waals surface area contributed by atoms with Crippen molar-refractivity contribution in [2.45, 2.75) is 19.4 Å². The van der Waals surface area contributed by atoms with Crippen molar-refractivity contribution in [2.75, 3.05) is 7.11 Å². The van der Waals surface area contributed by atoms with Crippen molar-refractivity contribution in [2.24, 2.45) is 5.73 Å². The summed E-state index contributed by atoms with van der Waals surface area (Å²) in [7, 11) is 1.56. The van der Waals surface area contributed by atoms with E-state index in [9.17, 15) is 5.26 Å². The first kappa shape index (κ1) is 22.6. The van der Waals surface area contributed by atoms with E-state index in [2.05, 4.69) is 38.9 Å². The number of nitrogens with two attached hydrogens (primary N) is 1. The maximum Gasteiger partial charge on any atom is 0.244 e. The summed E-state index contributed by atoms with van der Waals surface area (Å²) >= 11 is 14.4. The third-order valence-electron chi connectivity index (χ3n) is 5.10. The van der Waals surface area contributed by atoms with Gasteiger partial charge in [0, 0.05) is 26.9 Å². The number of benzene rings is 2. The first-order chi connectivity index (χ1) is 15.3. The fraction of sp³-hybridized carbons (Fsp3) is 0.182. The Kier molecular flexibility index (Phi) is 6.42. The van der Waals surface area contributed by atoms with E-state index in [1.807, 2.05) is 25.1 Å². The minimum absolute atomic E-state index is 0.0307. The summed E-state index contributed by atoms with van der Waals surface area (Å²) in [5.41, 5.74) is 9.47. The molecule has 0 bridgehead atoms. The van der Waals surface area contributed by atoms with Gasteiger partial charge in [0.2, 0.25) is 11.8 Å². The van der Waals surface area contributed by atoms with Crippen molar-refractivity contribution < 1.29 is 14.2 Å². The van der Waals surface area contributed by atoms with Gasteiger partial charge >= 0.3 is 0 Å². The molecule has 0 saturated carbocycles. The van der Waals surface area contributed by atoms with Crippen LogP contribution in [-0.2, 0) is 6.61 Å². The average molecular weight is 583 g/mol. The number of aryl methyl sites for hydroxylation is 1. The first-order valence-electron chi connectivity index (χ1n) is 9.40. The predicted octanol–water partition coefficient (Wildman–Crippen LogP) is 5.44. The van der Waals surface area contributed by atoms with Crippen LogP contribution in [0.2, 0.25) is 10.0 Å². The van der Waals surface area contributed by atoms with Gasteiger partial charge in [0.25, 0.3) is 0 Å². The Morgan fingerprint density at radius 1 is 1.31 bits per heavy atom. The lowest BCUT2D eigenvalue weighted by Crippen LogP contribution is -2.21. The van der Waals surface area contributed by atoms with Gasteiger partial charge in [0.15, 0.2) is 11.5 Å². The standard InChI is InChI=1S/C22H17Cl2IN4O3/c1-10-18-19(14(8-26)21(27)32-22(18)29-28-10)12-5-16(25)20(17(6-12)30-2)31-9-11-3-4-13(23)7-15(11)24/h3-7,19H,9,27H2,1-2H3,(H,28,29)/t19-/m1/s1.